The van der Waals surface area contributed by atoms with E-state index in [9.17, 15) is 18.6 Å². The Bertz CT molecular complexity index is 806. The molecular formula is C21H29NO4S. The van der Waals surface area contributed by atoms with E-state index in [1.807, 2.05) is 30.3 Å². The van der Waals surface area contributed by atoms with Gasteiger partial charge in [-0.1, -0.05) is 69.4 Å². The maximum absolute atomic E-state index is 13.1. The van der Waals surface area contributed by atoms with Crippen LogP contribution in [0.4, 0.5) is 0 Å². The van der Waals surface area contributed by atoms with Crippen LogP contribution in [0, 0.1) is 0 Å². The first-order valence-corrected chi connectivity index (χ1v) is 10.9. The molecule has 2 rings (SSSR count). The summed E-state index contributed by atoms with van der Waals surface area (Å²) >= 11 is 0. The Morgan fingerprint density at radius 1 is 0.852 bits per heavy atom. The molecule has 27 heavy (non-hydrogen) atoms. The van der Waals surface area contributed by atoms with Gasteiger partial charge in [-0.25, -0.2) is 8.42 Å². The van der Waals surface area contributed by atoms with Crippen molar-refractivity contribution in [1.29, 1.82) is 0 Å². The van der Waals surface area contributed by atoms with Gasteiger partial charge in [0.25, 0.3) is 0 Å². The van der Waals surface area contributed by atoms with E-state index in [0.29, 0.717) is 6.54 Å². The van der Waals surface area contributed by atoms with Gasteiger partial charge in [-0.05, 0) is 24.1 Å². The Balaban J connectivity index is 2.15. The predicted molar refractivity (Wildman–Crippen MR) is 107 cm³/mol. The van der Waals surface area contributed by atoms with Crippen LogP contribution in [0.3, 0.4) is 0 Å². The maximum atomic E-state index is 13.1. The summed E-state index contributed by atoms with van der Waals surface area (Å²) in [6.07, 6.45) is 6.44. The summed E-state index contributed by atoms with van der Waals surface area (Å²) < 4.78 is 27.7. The third-order valence-corrected chi connectivity index (χ3v) is 6.39. The third kappa shape index (κ3) is 6.26. The van der Waals surface area contributed by atoms with Crippen LogP contribution in [0.25, 0.3) is 0 Å². The number of hydrogen-bond donors (Lipinski definition) is 2. The molecule has 0 bridgehead atoms. The van der Waals surface area contributed by atoms with E-state index in [1.165, 1.54) is 35.7 Å². The van der Waals surface area contributed by atoms with Crippen molar-refractivity contribution in [3.8, 4) is 11.5 Å². The Kier molecular flexibility index (Phi) is 8.13. The van der Waals surface area contributed by atoms with Crippen molar-refractivity contribution < 1.29 is 18.6 Å². The molecule has 0 spiro atoms. The highest BCUT2D eigenvalue weighted by Crippen LogP contribution is 2.29. The molecule has 0 radical (unpaired) electrons. The molecule has 148 valence electrons. The minimum absolute atomic E-state index is 0.0142. The fourth-order valence-electron chi connectivity index (χ4n) is 2.95. The molecule has 0 fully saturated rings. The van der Waals surface area contributed by atoms with E-state index in [2.05, 4.69) is 6.92 Å². The number of nitrogens with zero attached hydrogens (tertiary/aromatic N) is 1. The number of hydrogen-bond acceptors (Lipinski definition) is 4. The molecule has 0 aromatic heterocycles. The van der Waals surface area contributed by atoms with Crippen molar-refractivity contribution in [2.75, 3.05) is 6.54 Å². The van der Waals surface area contributed by atoms with Crippen molar-refractivity contribution >= 4 is 10.0 Å². The molecule has 0 aliphatic rings. The molecular weight excluding hydrogens is 362 g/mol. The summed E-state index contributed by atoms with van der Waals surface area (Å²) in [7, 11) is -3.77. The van der Waals surface area contributed by atoms with Crippen LogP contribution in [0.2, 0.25) is 0 Å². The predicted octanol–water partition coefficient (Wildman–Crippen LogP) is 4.65. The summed E-state index contributed by atoms with van der Waals surface area (Å²) in [5.74, 6) is -0.769. The summed E-state index contributed by atoms with van der Waals surface area (Å²) in [5, 5.41) is 19.2. The van der Waals surface area contributed by atoms with E-state index in [4.69, 9.17) is 0 Å². The molecule has 0 saturated carbocycles. The first kappa shape index (κ1) is 21.3. The zero-order valence-corrected chi connectivity index (χ0v) is 16.7. The monoisotopic (exact) mass is 391 g/mol. The smallest absolute Gasteiger partial charge is 0.243 e. The van der Waals surface area contributed by atoms with Crippen LogP contribution in [-0.4, -0.2) is 29.5 Å². The number of rotatable bonds is 11. The van der Waals surface area contributed by atoms with E-state index in [-0.39, 0.29) is 17.2 Å². The van der Waals surface area contributed by atoms with Gasteiger partial charge in [0.1, 0.15) is 0 Å². The molecule has 0 atom stereocenters. The van der Waals surface area contributed by atoms with Gasteiger partial charge in [0.05, 0.1) is 4.90 Å². The van der Waals surface area contributed by atoms with E-state index < -0.39 is 15.8 Å². The van der Waals surface area contributed by atoms with E-state index in [0.717, 1.165) is 30.9 Å². The van der Waals surface area contributed by atoms with Crippen LogP contribution in [-0.2, 0) is 16.6 Å². The van der Waals surface area contributed by atoms with Gasteiger partial charge in [0.2, 0.25) is 10.0 Å². The lowest BCUT2D eigenvalue weighted by Gasteiger charge is -2.22. The highest BCUT2D eigenvalue weighted by Gasteiger charge is 2.25. The quantitative estimate of drug-likeness (QED) is 0.432. The molecule has 2 aromatic carbocycles. The molecule has 0 amide bonds. The Hall–Kier alpha value is -2.05. The number of unbranched alkanes of at least 4 members (excludes halogenated alkanes) is 5. The van der Waals surface area contributed by atoms with Gasteiger partial charge >= 0.3 is 0 Å². The summed E-state index contributed by atoms with van der Waals surface area (Å²) in [5.41, 5.74) is 0.912. The largest absolute Gasteiger partial charge is 0.504 e. The Labute approximate surface area is 162 Å². The lowest BCUT2D eigenvalue weighted by atomic mass is 10.1. The molecule has 0 aliphatic carbocycles. The lowest BCUT2D eigenvalue weighted by Crippen LogP contribution is -2.31. The van der Waals surface area contributed by atoms with Crippen LogP contribution >= 0.6 is 0 Å². The van der Waals surface area contributed by atoms with Gasteiger partial charge in [-0.3, -0.25) is 0 Å². The minimum atomic E-state index is -3.77. The number of sulfonamides is 1. The topological polar surface area (TPSA) is 77.8 Å². The highest BCUT2D eigenvalue weighted by atomic mass is 32.2. The minimum Gasteiger partial charge on any atom is -0.504 e. The average molecular weight is 392 g/mol. The van der Waals surface area contributed by atoms with Gasteiger partial charge in [0, 0.05) is 19.2 Å². The third-order valence-electron chi connectivity index (χ3n) is 4.55. The van der Waals surface area contributed by atoms with Crippen molar-refractivity contribution in [3.05, 3.63) is 54.1 Å². The van der Waals surface area contributed by atoms with Gasteiger partial charge in [-0.15, -0.1) is 0 Å². The first-order chi connectivity index (χ1) is 12.9. The standard InChI is InChI=1S/C21H29NO4S/c1-2-3-4-5-6-10-15-22(17-18-11-8-7-9-12-18)27(25,26)19-13-14-20(23)21(24)16-19/h7-9,11-14,16,23-24H,2-6,10,15,17H2,1H3. The van der Waals surface area contributed by atoms with Crippen molar-refractivity contribution in [2.45, 2.75) is 56.9 Å². The summed E-state index contributed by atoms with van der Waals surface area (Å²) in [4.78, 5) is -0.0142. The van der Waals surface area contributed by atoms with Crippen molar-refractivity contribution in [1.82, 2.24) is 4.31 Å². The van der Waals surface area contributed by atoms with Gasteiger partial charge < -0.3 is 10.2 Å². The Morgan fingerprint density at radius 2 is 1.52 bits per heavy atom. The molecule has 0 unspecified atom stereocenters. The maximum Gasteiger partial charge on any atom is 0.243 e. The SMILES string of the molecule is CCCCCCCCN(Cc1ccccc1)S(=O)(=O)c1ccc(O)c(O)c1. The zero-order valence-electron chi connectivity index (χ0n) is 15.8. The van der Waals surface area contributed by atoms with Crippen LogP contribution in [0.15, 0.2) is 53.4 Å². The fraction of sp³-hybridized carbons (Fsp3) is 0.429. The normalized spacial score (nSPS) is 11.8. The molecule has 0 aliphatic heterocycles. The summed E-state index contributed by atoms with van der Waals surface area (Å²) in [6, 6.07) is 13.1. The van der Waals surface area contributed by atoms with Crippen LogP contribution in [0.5, 0.6) is 11.5 Å². The first-order valence-electron chi connectivity index (χ1n) is 9.51. The molecule has 0 saturated heterocycles. The molecule has 6 heteroatoms. The number of benzene rings is 2. The number of phenols is 2. The van der Waals surface area contributed by atoms with E-state index in [1.54, 1.807) is 0 Å². The van der Waals surface area contributed by atoms with Crippen molar-refractivity contribution in [2.24, 2.45) is 0 Å². The second kappa shape index (κ2) is 10.3. The van der Waals surface area contributed by atoms with Crippen molar-refractivity contribution in [3.63, 3.8) is 0 Å². The zero-order chi connectivity index (χ0) is 19.7. The fourth-order valence-corrected chi connectivity index (χ4v) is 4.44. The molecule has 2 aromatic rings. The number of phenolic OH excluding ortho intramolecular Hbond substituents is 2. The molecule has 0 heterocycles. The van der Waals surface area contributed by atoms with Gasteiger partial charge in [0.15, 0.2) is 11.5 Å². The Morgan fingerprint density at radius 3 is 2.19 bits per heavy atom. The average Bonchev–Trinajstić information content (AvgIpc) is 2.66. The van der Waals surface area contributed by atoms with Gasteiger partial charge in [-0.2, -0.15) is 4.31 Å². The molecule has 2 N–H and O–H groups in total. The summed E-state index contributed by atoms with van der Waals surface area (Å²) in [6.45, 7) is 2.87. The number of aromatic hydroxyl groups is 2. The lowest BCUT2D eigenvalue weighted by molar-refractivity contribution is 0.388. The van der Waals surface area contributed by atoms with Crippen LogP contribution < -0.4 is 0 Å². The second-order valence-electron chi connectivity index (χ2n) is 6.74. The second-order valence-corrected chi connectivity index (χ2v) is 8.68. The highest BCUT2D eigenvalue weighted by molar-refractivity contribution is 7.89. The van der Waals surface area contributed by atoms with Crippen LogP contribution in [0.1, 0.15) is 51.0 Å². The molecule has 5 nitrogen and oxygen atoms in total. The van der Waals surface area contributed by atoms with E-state index >= 15 is 0 Å².